The number of piperazine rings is 1. The van der Waals surface area contributed by atoms with Crippen molar-refractivity contribution in [1.29, 1.82) is 5.26 Å². The Morgan fingerprint density at radius 2 is 1.87 bits per heavy atom. The average Bonchev–Trinajstić information content (AvgIpc) is 3.05. The molecule has 2 atom stereocenters. The van der Waals surface area contributed by atoms with E-state index in [-0.39, 0.29) is 0 Å². The van der Waals surface area contributed by atoms with E-state index in [1.807, 2.05) is 12.1 Å². The summed E-state index contributed by atoms with van der Waals surface area (Å²) >= 11 is 0. The highest BCUT2D eigenvalue weighted by Gasteiger charge is 2.36. The minimum absolute atomic E-state index is 0.447. The van der Waals surface area contributed by atoms with Crippen molar-refractivity contribution in [2.24, 2.45) is 11.3 Å². The second kappa shape index (κ2) is 6.49. The van der Waals surface area contributed by atoms with Crippen molar-refractivity contribution in [2.45, 2.75) is 46.1 Å². The molecule has 3 rings (SSSR count). The Labute approximate surface area is 140 Å². The highest BCUT2D eigenvalue weighted by atomic mass is 15.3. The van der Waals surface area contributed by atoms with Crippen molar-refractivity contribution in [2.75, 3.05) is 31.1 Å². The molecule has 1 aliphatic heterocycles. The fourth-order valence-corrected chi connectivity index (χ4v) is 4.03. The lowest BCUT2D eigenvalue weighted by atomic mass is 9.79. The molecule has 0 aromatic carbocycles. The number of hydrogen-bond donors (Lipinski definition) is 0. The maximum atomic E-state index is 8.86. The molecule has 2 heterocycles. The maximum absolute atomic E-state index is 8.86. The maximum Gasteiger partial charge on any atom is 0.128 e. The van der Waals surface area contributed by atoms with E-state index in [1.165, 1.54) is 19.3 Å². The van der Waals surface area contributed by atoms with Crippen LogP contribution in [0.25, 0.3) is 0 Å². The molecule has 4 nitrogen and oxygen atoms in total. The molecule has 1 aromatic rings. The lowest BCUT2D eigenvalue weighted by Crippen LogP contribution is -2.50. The molecule has 0 spiro atoms. The minimum atomic E-state index is 0.447. The Balaban J connectivity index is 1.53. The zero-order valence-electron chi connectivity index (χ0n) is 14.6. The van der Waals surface area contributed by atoms with Crippen LogP contribution in [0.4, 0.5) is 5.82 Å². The van der Waals surface area contributed by atoms with Crippen molar-refractivity contribution in [3.63, 3.8) is 0 Å². The Morgan fingerprint density at radius 1 is 1.13 bits per heavy atom. The van der Waals surface area contributed by atoms with E-state index in [1.54, 1.807) is 6.20 Å². The van der Waals surface area contributed by atoms with Crippen molar-refractivity contribution >= 4 is 5.82 Å². The number of pyridine rings is 1. The lowest BCUT2D eigenvalue weighted by molar-refractivity contribution is 0.167. The van der Waals surface area contributed by atoms with E-state index in [0.717, 1.165) is 44.0 Å². The first-order valence-corrected chi connectivity index (χ1v) is 8.82. The Morgan fingerprint density at radius 3 is 2.39 bits per heavy atom. The molecule has 1 saturated heterocycles. The summed E-state index contributed by atoms with van der Waals surface area (Å²) in [6.07, 6.45) is 5.77. The average molecular weight is 312 g/mol. The summed E-state index contributed by atoms with van der Waals surface area (Å²) < 4.78 is 0. The van der Waals surface area contributed by atoms with Crippen LogP contribution in [0.1, 0.15) is 45.6 Å². The van der Waals surface area contributed by atoms with E-state index < -0.39 is 0 Å². The third kappa shape index (κ3) is 3.67. The second-order valence-corrected chi connectivity index (χ2v) is 8.07. The van der Waals surface area contributed by atoms with Crippen molar-refractivity contribution < 1.29 is 0 Å². The van der Waals surface area contributed by atoms with E-state index in [0.29, 0.717) is 11.0 Å². The lowest BCUT2D eigenvalue weighted by Gasteiger charge is -2.39. The number of aromatic nitrogens is 1. The Hall–Kier alpha value is -1.60. The molecule has 1 aromatic heterocycles. The van der Waals surface area contributed by atoms with Crippen LogP contribution in [0.15, 0.2) is 18.3 Å². The molecule has 1 unspecified atom stereocenters. The zero-order valence-corrected chi connectivity index (χ0v) is 14.6. The van der Waals surface area contributed by atoms with Gasteiger partial charge >= 0.3 is 0 Å². The van der Waals surface area contributed by atoms with Gasteiger partial charge in [0.1, 0.15) is 11.9 Å². The number of anilines is 1. The van der Waals surface area contributed by atoms with Crippen LogP contribution >= 0.6 is 0 Å². The highest BCUT2D eigenvalue weighted by molar-refractivity contribution is 5.42. The minimum Gasteiger partial charge on any atom is -0.354 e. The van der Waals surface area contributed by atoms with Crippen LogP contribution in [-0.4, -0.2) is 42.1 Å². The van der Waals surface area contributed by atoms with Gasteiger partial charge < -0.3 is 4.90 Å². The number of nitrogens with zero attached hydrogens (tertiary/aromatic N) is 4. The molecule has 1 aliphatic carbocycles. The zero-order chi connectivity index (χ0) is 16.4. The van der Waals surface area contributed by atoms with E-state index >= 15 is 0 Å². The third-order valence-corrected chi connectivity index (χ3v) is 5.66. The molecular weight excluding hydrogens is 284 g/mol. The normalized spacial score (nSPS) is 26.3. The van der Waals surface area contributed by atoms with Gasteiger partial charge in [-0.05, 0) is 42.7 Å². The van der Waals surface area contributed by atoms with E-state index in [4.69, 9.17) is 5.26 Å². The molecular formula is C19H28N4. The van der Waals surface area contributed by atoms with E-state index in [2.05, 4.69) is 41.6 Å². The number of rotatable bonds is 2. The summed E-state index contributed by atoms with van der Waals surface area (Å²) in [6.45, 7) is 11.5. The van der Waals surface area contributed by atoms with Gasteiger partial charge in [-0.25, -0.2) is 4.98 Å². The first-order chi connectivity index (χ1) is 11.0. The first-order valence-electron chi connectivity index (χ1n) is 8.82. The van der Waals surface area contributed by atoms with Gasteiger partial charge in [0.05, 0.1) is 5.56 Å². The quantitative estimate of drug-likeness (QED) is 0.840. The van der Waals surface area contributed by atoms with Crippen LogP contribution in [0.3, 0.4) is 0 Å². The summed E-state index contributed by atoms with van der Waals surface area (Å²) in [5.41, 5.74) is 1.08. The van der Waals surface area contributed by atoms with Crippen molar-refractivity contribution in [1.82, 2.24) is 9.88 Å². The molecule has 1 saturated carbocycles. The van der Waals surface area contributed by atoms with Crippen molar-refractivity contribution in [3.8, 4) is 6.07 Å². The van der Waals surface area contributed by atoms with Crippen LogP contribution in [0, 0.1) is 22.7 Å². The Bertz CT molecular complexity index is 559. The number of nitriles is 1. The molecule has 2 fully saturated rings. The van der Waals surface area contributed by atoms with Gasteiger partial charge in [0, 0.05) is 38.4 Å². The molecule has 0 bridgehead atoms. The van der Waals surface area contributed by atoms with Gasteiger partial charge in [0.2, 0.25) is 0 Å². The van der Waals surface area contributed by atoms with Crippen LogP contribution in [0.2, 0.25) is 0 Å². The monoisotopic (exact) mass is 312 g/mol. The predicted molar refractivity (Wildman–Crippen MR) is 93.3 cm³/mol. The molecule has 4 heteroatoms. The Kier molecular flexibility index (Phi) is 4.59. The smallest absolute Gasteiger partial charge is 0.128 e. The SMILES string of the molecule is CC(C)(C)C1CC[C@H](N2CCN(c3ccc(C#N)cn3)CC2)C1. The summed E-state index contributed by atoms with van der Waals surface area (Å²) in [6, 6.07) is 6.73. The summed E-state index contributed by atoms with van der Waals surface area (Å²) in [4.78, 5) is 9.45. The third-order valence-electron chi connectivity index (χ3n) is 5.66. The largest absolute Gasteiger partial charge is 0.354 e. The fourth-order valence-electron chi connectivity index (χ4n) is 4.03. The first kappa shape index (κ1) is 16.3. The van der Waals surface area contributed by atoms with Crippen LogP contribution < -0.4 is 4.90 Å². The van der Waals surface area contributed by atoms with Crippen molar-refractivity contribution in [3.05, 3.63) is 23.9 Å². The summed E-state index contributed by atoms with van der Waals surface area (Å²) in [5.74, 6) is 1.87. The highest BCUT2D eigenvalue weighted by Crippen LogP contribution is 2.41. The topological polar surface area (TPSA) is 43.2 Å². The molecule has 2 aliphatic rings. The van der Waals surface area contributed by atoms with Crippen LogP contribution in [-0.2, 0) is 0 Å². The van der Waals surface area contributed by atoms with Gasteiger partial charge in [-0.1, -0.05) is 20.8 Å². The number of hydrogen-bond acceptors (Lipinski definition) is 4. The molecule has 124 valence electrons. The van der Waals surface area contributed by atoms with Gasteiger partial charge in [-0.15, -0.1) is 0 Å². The second-order valence-electron chi connectivity index (χ2n) is 8.07. The summed E-state index contributed by atoms with van der Waals surface area (Å²) in [7, 11) is 0. The molecule has 0 radical (unpaired) electrons. The van der Waals surface area contributed by atoms with Gasteiger partial charge in [0.15, 0.2) is 0 Å². The fraction of sp³-hybridized carbons (Fsp3) is 0.684. The standard InChI is InChI=1S/C19H28N4/c1-19(2,3)16-5-6-17(12-16)22-8-10-23(11-9-22)18-7-4-15(13-20)14-21-18/h4,7,14,16-17H,5-6,8-12H2,1-3H3/t16?,17-/m0/s1. The predicted octanol–water partition coefficient (Wildman–Crippen LogP) is 3.29. The summed E-state index contributed by atoms with van der Waals surface area (Å²) in [5, 5.41) is 8.86. The van der Waals surface area contributed by atoms with Gasteiger partial charge in [0.25, 0.3) is 0 Å². The molecule has 0 amide bonds. The van der Waals surface area contributed by atoms with Gasteiger partial charge in [-0.2, -0.15) is 5.26 Å². The van der Waals surface area contributed by atoms with Gasteiger partial charge in [-0.3, -0.25) is 4.90 Å². The van der Waals surface area contributed by atoms with E-state index in [9.17, 15) is 0 Å². The van der Waals surface area contributed by atoms with Crippen LogP contribution in [0.5, 0.6) is 0 Å². The molecule has 0 N–H and O–H groups in total. The molecule has 23 heavy (non-hydrogen) atoms.